The fourth-order valence-corrected chi connectivity index (χ4v) is 9.88. The summed E-state index contributed by atoms with van der Waals surface area (Å²) < 4.78 is 9.02. The molecule has 13 aromatic rings. The summed E-state index contributed by atoms with van der Waals surface area (Å²) in [5, 5.41) is 14.3. The summed E-state index contributed by atoms with van der Waals surface area (Å²) in [6.45, 7) is 0. The Labute approximate surface area is 351 Å². The van der Waals surface area contributed by atoms with Crippen LogP contribution in [0.2, 0.25) is 0 Å². The average Bonchev–Trinajstić information content (AvgIpc) is 3.85. The first-order valence-corrected chi connectivity index (χ1v) is 20.9. The van der Waals surface area contributed by atoms with Crippen LogP contribution in [-0.2, 0) is 0 Å². The average molecular weight is 777 g/mol. The third kappa shape index (κ3) is 5.24. The third-order valence-corrected chi connectivity index (χ3v) is 12.7. The number of benzene rings is 11. The second-order valence-corrected chi connectivity index (χ2v) is 16.1. The zero-order chi connectivity index (χ0) is 40.0. The van der Waals surface area contributed by atoms with Crippen LogP contribution >= 0.6 is 0 Å². The van der Waals surface area contributed by atoms with Crippen LogP contribution in [0.4, 0.5) is 17.1 Å². The van der Waals surface area contributed by atoms with E-state index >= 15 is 0 Å². The van der Waals surface area contributed by atoms with E-state index in [0.29, 0.717) is 0 Å². The lowest BCUT2D eigenvalue weighted by Crippen LogP contribution is -2.10. The van der Waals surface area contributed by atoms with E-state index in [0.717, 1.165) is 44.5 Å². The van der Waals surface area contributed by atoms with Crippen molar-refractivity contribution in [3.63, 3.8) is 0 Å². The largest absolute Gasteiger partial charge is 0.456 e. The van der Waals surface area contributed by atoms with Gasteiger partial charge in [-0.05, 0) is 110 Å². The fraction of sp³-hybridized carbons (Fsp3) is 0. The number of hydrogen-bond acceptors (Lipinski definition) is 2. The summed E-state index contributed by atoms with van der Waals surface area (Å²) in [6.07, 6.45) is 0. The van der Waals surface area contributed by atoms with Gasteiger partial charge < -0.3 is 13.9 Å². The Morgan fingerprint density at radius 2 is 0.951 bits per heavy atom. The molecule has 0 atom stereocenters. The molecule has 0 spiro atoms. The van der Waals surface area contributed by atoms with Crippen molar-refractivity contribution in [2.24, 2.45) is 0 Å². The fourth-order valence-electron chi connectivity index (χ4n) is 9.88. The molecule has 0 aliphatic heterocycles. The van der Waals surface area contributed by atoms with E-state index in [9.17, 15) is 0 Å². The number of aromatic nitrogens is 1. The van der Waals surface area contributed by atoms with Crippen molar-refractivity contribution in [2.45, 2.75) is 0 Å². The Bertz CT molecular complexity index is 3890. The topological polar surface area (TPSA) is 21.3 Å². The summed E-state index contributed by atoms with van der Waals surface area (Å²) in [6, 6.07) is 79.5. The molecule has 0 saturated heterocycles. The summed E-state index contributed by atoms with van der Waals surface area (Å²) in [5.41, 5.74) is 10.9. The smallest absolute Gasteiger partial charge is 0.136 e. The van der Waals surface area contributed by atoms with E-state index in [1.807, 2.05) is 0 Å². The van der Waals surface area contributed by atoms with Crippen molar-refractivity contribution in [2.75, 3.05) is 4.90 Å². The first-order valence-electron chi connectivity index (χ1n) is 20.9. The Kier molecular flexibility index (Phi) is 7.31. The second kappa shape index (κ2) is 13.2. The molecule has 11 aromatic carbocycles. The van der Waals surface area contributed by atoms with Gasteiger partial charge in [-0.3, -0.25) is 0 Å². The van der Waals surface area contributed by atoms with Crippen molar-refractivity contribution >= 4 is 104 Å². The van der Waals surface area contributed by atoms with Gasteiger partial charge in [0.1, 0.15) is 11.2 Å². The first kappa shape index (κ1) is 33.8. The van der Waals surface area contributed by atoms with E-state index in [-0.39, 0.29) is 0 Å². The maximum absolute atomic E-state index is 6.54. The summed E-state index contributed by atoms with van der Waals surface area (Å²) in [7, 11) is 0. The number of anilines is 3. The molecule has 0 saturated carbocycles. The molecule has 13 rings (SSSR count). The summed E-state index contributed by atoms with van der Waals surface area (Å²) >= 11 is 0. The molecular formula is C58H36N2O. The quantitative estimate of drug-likeness (QED) is 0.174. The normalized spacial score (nSPS) is 11.9. The molecule has 0 radical (unpaired) electrons. The van der Waals surface area contributed by atoms with Crippen LogP contribution in [0.1, 0.15) is 0 Å². The minimum atomic E-state index is 0.873. The van der Waals surface area contributed by atoms with Crippen molar-refractivity contribution < 1.29 is 4.42 Å². The van der Waals surface area contributed by atoms with Crippen LogP contribution in [0, 0.1) is 0 Å². The molecule has 3 heteroatoms. The Balaban J connectivity index is 1.11. The van der Waals surface area contributed by atoms with Gasteiger partial charge in [0.2, 0.25) is 0 Å². The van der Waals surface area contributed by atoms with Crippen LogP contribution in [0.5, 0.6) is 0 Å². The molecule has 0 aliphatic carbocycles. The highest BCUT2D eigenvalue weighted by atomic mass is 16.3. The maximum atomic E-state index is 6.54. The monoisotopic (exact) mass is 776 g/mol. The molecule has 0 aliphatic rings. The number of nitrogens with zero attached hydrogens (tertiary/aromatic N) is 2. The summed E-state index contributed by atoms with van der Waals surface area (Å²) in [5.74, 6) is 0. The molecule has 0 fully saturated rings. The minimum absolute atomic E-state index is 0.873. The van der Waals surface area contributed by atoms with Gasteiger partial charge in [0.25, 0.3) is 0 Å². The van der Waals surface area contributed by atoms with Crippen LogP contribution in [0.3, 0.4) is 0 Å². The number of rotatable bonds is 5. The highest BCUT2D eigenvalue weighted by Gasteiger charge is 2.22. The molecule has 61 heavy (non-hydrogen) atoms. The Morgan fingerprint density at radius 1 is 0.328 bits per heavy atom. The van der Waals surface area contributed by atoms with Crippen molar-refractivity contribution in [1.82, 2.24) is 4.57 Å². The lowest BCUT2D eigenvalue weighted by atomic mass is 9.96. The summed E-state index contributed by atoms with van der Waals surface area (Å²) in [4.78, 5) is 2.43. The molecule has 3 nitrogen and oxygen atoms in total. The molecule has 0 unspecified atom stereocenters. The van der Waals surface area contributed by atoms with E-state index in [1.165, 1.54) is 76.2 Å². The second-order valence-electron chi connectivity index (χ2n) is 16.1. The lowest BCUT2D eigenvalue weighted by Gasteiger charge is -2.27. The molecule has 2 heterocycles. The number of furan rings is 1. The maximum Gasteiger partial charge on any atom is 0.136 e. The van der Waals surface area contributed by atoms with E-state index in [2.05, 4.69) is 228 Å². The first-order chi connectivity index (χ1) is 30.2. The van der Waals surface area contributed by atoms with E-state index < -0.39 is 0 Å². The zero-order valence-corrected chi connectivity index (χ0v) is 33.1. The van der Waals surface area contributed by atoms with E-state index in [4.69, 9.17) is 4.42 Å². The van der Waals surface area contributed by atoms with Crippen LogP contribution in [0.15, 0.2) is 223 Å². The predicted molar refractivity (Wildman–Crippen MR) is 258 cm³/mol. The highest BCUT2D eigenvalue weighted by Crippen LogP contribution is 2.46. The molecule has 2 aromatic heterocycles. The van der Waals surface area contributed by atoms with Gasteiger partial charge in [-0.1, -0.05) is 152 Å². The molecular weight excluding hydrogens is 741 g/mol. The van der Waals surface area contributed by atoms with Crippen molar-refractivity contribution in [1.29, 1.82) is 0 Å². The van der Waals surface area contributed by atoms with Crippen molar-refractivity contribution in [3.8, 4) is 16.8 Å². The van der Waals surface area contributed by atoms with Gasteiger partial charge in [-0.25, -0.2) is 0 Å². The van der Waals surface area contributed by atoms with Crippen LogP contribution in [-0.4, -0.2) is 4.57 Å². The Morgan fingerprint density at radius 3 is 1.77 bits per heavy atom. The van der Waals surface area contributed by atoms with E-state index in [1.54, 1.807) is 0 Å². The predicted octanol–water partition coefficient (Wildman–Crippen LogP) is 16.4. The molecule has 284 valence electrons. The lowest BCUT2D eigenvalue weighted by molar-refractivity contribution is 0.669. The number of hydrogen-bond donors (Lipinski definition) is 0. The van der Waals surface area contributed by atoms with Crippen LogP contribution in [0.25, 0.3) is 104 Å². The van der Waals surface area contributed by atoms with Gasteiger partial charge in [-0.15, -0.1) is 0 Å². The standard InChI is InChI=1S/C58H36N2O/c1-2-13-38(14-3-1)50-36-45(31-42-19-8-9-21-46(42)50)59(44-27-30-56-53(35-44)52-32-40-17-4-5-18-41(40)33-57(52)61-56)43-26-29-55-51(34-43)49-28-25-39-16-7-11-23-48(39)58(49)60(55)54-24-12-20-37-15-6-10-22-47(37)54/h1-36H. The zero-order valence-electron chi connectivity index (χ0n) is 33.1. The Hall–Kier alpha value is -8.14. The highest BCUT2D eigenvalue weighted by molar-refractivity contribution is 6.20. The minimum Gasteiger partial charge on any atom is -0.456 e. The van der Waals surface area contributed by atoms with Gasteiger partial charge >= 0.3 is 0 Å². The SMILES string of the molecule is c1ccc(-c2cc(N(c3ccc4oc5cc6ccccc6cc5c4c3)c3ccc4c(c3)c3ccc5ccccc5c3n4-c3cccc4ccccc34)cc3ccccc23)cc1. The van der Waals surface area contributed by atoms with Gasteiger partial charge in [0.15, 0.2) is 0 Å². The van der Waals surface area contributed by atoms with Crippen LogP contribution < -0.4 is 4.90 Å². The molecule has 0 bridgehead atoms. The van der Waals surface area contributed by atoms with Gasteiger partial charge in [-0.2, -0.15) is 0 Å². The molecule has 0 N–H and O–H groups in total. The van der Waals surface area contributed by atoms with Crippen molar-refractivity contribution in [3.05, 3.63) is 218 Å². The van der Waals surface area contributed by atoms with Gasteiger partial charge in [0.05, 0.1) is 16.7 Å². The van der Waals surface area contributed by atoms with Gasteiger partial charge in [0, 0.05) is 49.4 Å². The third-order valence-electron chi connectivity index (χ3n) is 12.7. The number of fused-ring (bicyclic) bond motifs is 11. The molecule has 0 amide bonds.